The van der Waals surface area contributed by atoms with Gasteiger partial charge in [0.15, 0.2) is 11.6 Å². The Morgan fingerprint density at radius 1 is 1.61 bits per heavy atom. The molecule has 0 atom stereocenters. The van der Waals surface area contributed by atoms with Crippen LogP contribution in [0.1, 0.15) is 12.8 Å². The molecule has 1 aliphatic rings. The van der Waals surface area contributed by atoms with E-state index in [0.29, 0.717) is 17.6 Å². The Morgan fingerprint density at radius 3 is 2.94 bits per heavy atom. The summed E-state index contributed by atoms with van der Waals surface area (Å²) in [6.45, 7) is 0.212. The van der Waals surface area contributed by atoms with Gasteiger partial charge in [0.2, 0.25) is 11.7 Å². The first-order valence-corrected chi connectivity index (χ1v) is 5.76. The molecular formula is C11H17N5O2. The van der Waals surface area contributed by atoms with Gasteiger partial charge in [-0.05, 0) is 12.8 Å². The van der Waals surface area contributed by atoms with E-state index in [2.05, 4.69) is 15.3 Å². The third kappa shape index (κ3) is 2.79. The lowest BCUT2D eigenvalue weighted by Crippen LogP contribution is -2.36. The van der Waals surface area contributed by atoms with Crippen molar-refractivity contribution in [1.82, 2.24) is 15.3 Å². The largest absolute Gasteiger partial charge is 0.490 e. The van der Waals surface area contributed by atoms with Crippen molar-refractivity contribution in [1.29, 1.82) is 0 Å². The van der Waals surface area contributed by atoms with Crippen molar-refractivity contribution in [2.24, 2.45) is 0 Å². The van der Waals surface area contributed by atoms with Gasteiger partial charge in [0.1, 0.15) is 6.33 Å². The standard InChI is InChI=1S/C11H17N5O2/c1-16(5-8(17)15-7-3-4-7)11-9(18-2)10(12)13-6-14-11/h6-7H,3-5H2,1-2H3,(H,15,17)(H2,12,13,14). The number of nitrogens with zero attached hydrogens (tertiary/aromatic N) is 3. The quantitative estimate of drug-likeness (QED) is 0.751. The molecule has 0 saturated heterocycles. The fourth-order valence-corrected chi connectivity index (χ4v) is 1.64. The highest BCUT2D eigenvalue weighted by Gasteiger charge is 2.24. The highest BCUT2D eigenvalue weighted by molar-refractivity contribution is 5.82. The van der Waals surface area contributed by atoms with Gasteiger partial charge in [-0.1, -0.05) is 0 Å². The van der Waals surface area contributed by atoms with E-state index in [-0.39, 0.29) is 18.3 Å². The van der Waals surface area contributed by atoms with Crippen LogP contribution in [0.15, 0.2) is 6.33 Å². The summed E-state index contributed by atoms with van der Waals surface area (Å²) in [5.74, 6) is 1.13. The maximum Gasteiger partial charge on any atom is 0.239 e. The number of carbonyl (C=O) groups excluding carboxylic acids is 1. The first kappa shape index (κ1) is 12.4. The second kappa shape index (κ2) is 5.07. The molecule has 18 heavy (non-hydrogen) atoms. The van der Waals surface area contributed by atoms with Crippen molar-refractivity contribution >= 4 is 17.5 Å². The number of nitrogen functional groups attached to an aromatic ring is 1. The fraction of sp³-hybridized carbons (Fsp3) is 0.545. The number of carbonyl (C=O) groups is 1. The zero-order valence-electron chi connectivity index (χ0n) is 10.5. The molecule has 7 nitrogen and oxygen atoms in total. The predicted molar refractivity (Wildman–Crippen MR) is 67.4 cm³/mol. The number of nitrogens with two attached hydrogens (primary N) is 1. The summed E-state index contributed by atoms with van der Waals surface area (Å²) < 4.78 is 5.15. The Bertz CT molecular complexity index is 447. The van der Waals surface area contributed by atoms with Crippen molar-refractivity contribution in [3.8, 4) is 5.75 Å². The second-order valence-electron chi connectivity index (χ2n) is 4.31. The summed E-state index contributed by atoms with van der Waals surface area (Å²) in [6.07, 6.45) is 3.49. The van der Waals surface area contributed by atoms with Crippen LogP contribution in [0.4, 0.5) is 11.6 Å². The van der Waals surface area contributed by atoms with Crippen LogP contribution >= 0.6 is 0 Å². The predicted octanol–water partition coefficient (Wildman–Crippen LogP) is -0.218. The Labute approximate surface area is 105 Å². The zero-order valence-corrected chi connectivity index (χ0v) is 10.5. The molecule has 1 heterocycles. The number of hydrogen-bond acceptors (Lipinski definition) is 6. The summed E-state index contributed by atoms with van der Waals surface area (Å²) in [6, 6.07) is 0.350. The number of ether oxygens (including phenoxy) is 1. The molecule has 1 fully saturated rings. The Kier molecular flexibility index (Phi) is 3.50. The second-order valence-corrected chi connectivity index (χ2v) is 4.31. The molecule has 1 aliphatic carbocycles. The van der Waals surface area contributed by atoms with Gasteiger partial charge >= 0.3 is 0 Å². The normalized spacial score (nSPS) is 14.1. The maximum atomic E-state index is 11.7. The SMILES string of the molecule is COc1c(N)ncnc1N(C)CC(=O)NC1CC1. The Balaban J connectivity index is 2.05. The molecule has 0 aromatic carbocycles. The minimum absolute atomic E-state index is 0.0285. The highest BCUT2D eigenvalue weighted by atomic mass is 16.5. The van der Waals surface area contributed by atoms with E-state index in [1.165, 1.54) is 13.4 Å². The molecule has 3 N–H and O–H groups in total. The van der Waals surface area contributed by atoms with Crippen LogP contribution in [0.5, 0.6) is 5.75 Å². The van der Waals surface area contributed by atoms with E-state index in [4.69, 9.17) is 10.5 Å². The van der Waals surface area contributed by atoms with E-state index in [1.807, 2.05) is 0 Å². The zero-order chi connectivity index (χ0) is 13.1. The van der Waals surface area contributed by atoms with Crippen LogP contribution in [0.3, 0.4) is 0 Å². The lowest BCUT2D eigenvalue weighted by atomic mass is 10.4. The third-order valence-electron chi connectivity index (χ3n) is 2.70. The molecule has 7 heteroatoms. The van der Waals surface area contributed by atoms with E-state index in [0.717, 1.165) is 12.8 Å². The van der Waals surface area contributed by atoms with Gasteiger partial charge < -0.3 is 20.7 Å². The average Bonchev–Trinajstić information content (AvgIpc) is 3.12. The molecule has 0 bridgehead atoms. The van der Waals surface area contributed by atoms with Crippen molar-refractivity contribution in [3.63, 3.8) is 0 Å². The van der Waals surface area contributed by atoms with Crippen LogP contribution in [-0.2, 0) is 4.79 Å². The van der Waals surface area contributed by atoms with Gasteiger partial charge in [-0.15, -0.1) is 0 Å². The third-order valence-corrected chi connectivity index (χ3v) is 2.70. The number of nitrogens with one attached hydrogen (secondary N) is 1. The molecular weight excluding hydrogens is 234 g/mol. The topological polar surface area (TPSA) is 93.4 Å². The molecule has 0 unspecified atom stereocenters. The molecule has 1 aromatic rings. The van der Waals surface area contributed by atoms with E-state index < -0.39 is 0 Å². The van der Waals surface area contributed by atoms with Gasteiger partial charge in [0.05, 0.1) is 13.7 Å². The minimum atomic E-state index is -0.0285. The van der Waals surface area contributed by atoms with Crippen molar-refractivity contribution < 1.29 is 9.53 Å². The van der Waals surface area contributed by atoms with Gasteiger partial charge in [-0.25, -0.2) is 9.97 Å². The van der Waals surface area contributed by atoms with Gasteiger partial charge in [0.25, 0.3) is 0 Å². The highest BCUT2D eigenvalue weighted by Crippen LogP contribution is 2.28. The molecule has 0 radical (unpaired) electrons. The first-order chi connectivity index (χ1) is 8.61. The molecule has 1 saturated carbocycles. The minimum Gasteiger partial charge on any atom is -0.490 e. The molecule has 2 rings (SSSR count). The Hall–Kier alpha value is -2.05. The molecule has 0 spiro atoms. The van der Waals surface area contributed by atoms with Gasteiger partial charge in [0, 0.05) is 13.1 Å². The van der Waals surface area contributed by atoms with Crippen LogP contribution in [0, 0.1) is 0 Å². The number of amides is 1. The number of hydrogen-bond donors (Lipinski definition) is 2. The number of rotatable bonds is 5. The van der Waals surface area contributed by atoms with Gasteiger partial charge in [-0.3, -0.25) is 4.79 Å². The van der Waals surface area contributed by atoms with Crippen LogP contribution in [-0.4, -0.2) is 42.6 Å². The van der Waals surface area contributed by atoms with Crippen LogP contribution < -0.4 is 20.7 Å². The molecule has 1 amide bonds. The number of methoxy groups -OCH3 is 1. The number of aromatic nitrogens is 2. The lowest BCUT2D eigenvalue weighted by molar-refractivity contribution is -0.119. The monoisotopic (exact) mass is 251 g/mol. The molecule has 1 aromatic heterocycles. The smallest absolute Gasteiger partial charge is 0.239 e. The summed E-state index contributed by atoms with van der Waals surface area (Å²) >= 11 is 0. The van der Waals surface area contributed by atoms with Crippen LogP contribution in [0.25, 0.3) is 0 Å². The van der Waals surface area contributed by atoms with E-state index in [9.17, 15) is 4.79 Å². The Morgan fingerprint density at radius 2 is 2.33 bits per heavy atom. The molecule has 98 valence electrons. The van der Waals surface area contributed by atoms with E-state index in [1.54, 1.807) is 11.9 Å². The van der Waals surface area contributed by atoms with Crippen molar-refractivity contribution in [2.75, 3.05) is 31.3 Å². The number of anilines is 2. The summed E-state index contributed by atoms with van der Waals surface area (Å²) in [5, 5.41) is 2.91. The lowest BCUT2D eigenvalue weighted by Gasteiger charge is -2.20. The maximum absolute atomic E-state index is 11.7. The van der Waals surface area contributed by atoms with E-state index >= 15 is 0 Å². The average molecular weight is 251 g/mol. The van der Waals surface area contributed by atoms with Crippen LogP contribution in [0.2, 0.25) is 0 Å². The fourth-order valence-electron chi connectivity index (χ4n) is 1.64. The summed E-state index contributed by atoms with van der Waals surface area (Å²) in [4.78, 5) is 21.3. The van der Waals surface area contributed by atoms with Crippen molar-refractivity contribution in [3.05, 3.63) is 6.33 Å². The van der Waals surface area contributed by atoms with Crippen molar-refractivity contribution in [2.45, 2.75) is 18.9 Å². The summed E-state index contributed by atoms with van der Waals surface area (Å²) in [5.41, 5.74) is 5.69. The van der Waals surface area contributed by atoms with Gasteiger partial charge in [-0.2, -0.15) is 0 Å². The first-order valence-electron chi connectivity index (χ1n) is 5.76. The number of likely N-dealkylation sites (N-methyl/N-ethyl adjacent to an activating group) is 1. The summed E-state index contributed by atoms with van der Waals surface area (Å²) in [7, 11) is 3.26. The molecule has 0 aliphatic heterocycles.